The number of amides is 1. The van der Waals surface area contributed by atoms with Crippen LogP contribution in [0.2, 0.25) is 0 Å². The molecule has 2 saturated heterocycles. The number of carbonyl (C=O) groups excluding carboxylic acids is 1. The van der Waals surface area contributed by atoms with Crippen LogP contribution in [-0.2, 0) is 9.59 Å². The second-order valence-electron chi connectivity index (χ2n) is 6.58. The average Bonchev–Trinajstić information content (AvgIpc) is 2.81. The summed E-state index contributed by atoms with van der Waals surface area (Å²) in [5.41, 5.74) is 0. The van der Waals surface area contributed by atoms with Crippen molar-refractivity contribution < 1.29 is 75.9 Å². The van der Waals surface area contributed by atoms with Gasteiger partial charge >= 0.3 is 57.4 Å². The van der Waals surface area contributed by atoms with Gasteiger partial charge in [0.25, 0.3) is 5.91 Å². The van der Waals surface area contributed by atoms with E-state index in [0.717, 1.165) is 0 Å². The third-order valence-electron chi connectivity index (χ3n) is 4.32. The van der Waals surface area contributed by atoms with Gasteiger partial charge in [0.15, 0.2) is 6.04 Å². The van der Waals surface area contributed by atoms with E-state index in [1.807, 2.05) is 6.07 Å². The third-order valence-corrected chi connectivity index (χ3v) is 5.87. The number of aliphatic imine (C=N–C) groups is 1. The molecule has 3 rings (SSSR count). The number of carboxylic acids is 1. The van der Waals surface area contributed by atoms with Gasteiger partial charge in [-0.25, -0.2) is 4.79 Å². The first kappa shape index (κ1) is 21.7. The Morgan fingerprint density at radius 1 is 1.38 bits per heavy atom. The van der Waals surface area contributed by atoms with Gasteiger partial charge in [-0.3, -0.25) is 9.79 Å². The van der Waals surface area contributed by atoms with Crippen molar-refractivity contribution in [1.29, 1.82) is 0 Å². The maximum absolute atomic E-state index is 12.3. The number of carbonyl (C=O) groups is 2. The number of nitrogens with zero attached hydrogens (tertiary/aromatic N) is 2. The van der Waals surface area contributed by atoms with Crippen molar-refractivity contribution in [1.82, 2.24) is 4.90 Å². The van der Waals surface area contributed by atoms with Crippen LogP contribution in [0.3, 0.4) is 0 Å². The molecule has 0 spiro atoms. The third kappa shape index (κ3) is 3.97. The van der Waals surface area contributed by atoms with Crippen LogP contribution in [0.5, 0.6) is 5.75 Å². The molecule has 0 saturated carbocycles. The molecule has 1 aromatic carbocycles. The molecule has 0 radical (unpaired) electrons. The van der Waals surface area contributed by atoms with E-state index >= 15 is 0 Å². The zero-order chi connectivity index (χ0) is 18.4. The van der Waals surface area contributed by atoms with E-state index in [1.165, 1.54) is 16.7 Å². The zero-order valence-corrected chi connectivity index (χ0v) is 19.0. The standard InChI is InChI=1S/C17H20N2O5S.K/c1-9(24-10-7-5-4-6-8-10)13(20)18-11-14(21)19-12(16(22)23)17(2,3)25-15(11)19;/h4-9,11-12,15H,1-3H3,(H,18,20)(H,22,23);/q;+1/p-1. The minimum absolute atomic E-state index is 0. The van der Waals surface area contributed by atoms with E-state index in [2.05, 4.69) is 4.99 Å². The summed E-state index contributed by atoms with van der Waals surface area (Å²) < 4.78 is 4.89. The molecule has 0 aromatic heterocycles. The number of thioether (sulfide) groups is 1. The molecule has 2 heterocycles. The van der Waals surface area contributed by atoms with Gasteiger partial charge in [-0.15, -0.1) is 11.8 Å². The van der Waals surface area contributed by atoms with Gasteiger partial charge in [0.2, 0.25) is 0 Å². The molecule has 1 amide bonds. The Morgan fingerprint density at radius 2 is 2.00 bits per heavy atom. The molecule has 1 aromatic rings. The topological polar surface area (TPSA) is 102 Å². The number of benzene rings is 1. The van der Waals surface area contributed by atoms with Crippen LogP contribution in [-0.4, -0.2) is 56.1 Å². The fourth-order valence-electron chi connectivity index (χ4n) is 3.11. The van der Waals surface area contributed by atoms with Gasteiger partial charge in [-0.2, -0.15) is 0 Å². The van der Waals surface area contributed by atoms with Gasteiger partial charge in [0, 0.05) is 4.75 Å². The van der Waals surface area contributed by atoms with Crippen LogP contribution in [0.4, 0.5) is 0 Å². The first-order valence-corrected chi connectivity index (χ1v) is 8.79. The number of carboxylic acid groups (broad SMARTS) is 1. The summed E-state index contributed by atoms with van der Waals surface area (Å²) >= 11 is 1.36. The molecule has 2 aliphatic rings. The first-order chi connectivity index (χ1) is 11.7. The van der Waals surface area contributed by atoms with Gasteiger partial charge in [-0.1, -0.05) is 18.2 Å². The van der Waals surface area contributed by atoms with E-state index in [4.69, 9.17) is 4.74 Å². The number of rotatable bonds is 5. The number of ether oxygens (including phenoxy) is 1. The van der Waals surface area contributed by atoms with Crippen LogP contribution in [0.1, 0.15) is 20.8 Å². The van der Waals surface area contributed by atoms with Gasteiger partial charge in [0.05, 0.1) is 0 Å². The maximum Gasteiger partial charge on any atom is 1.00 e. The number of β-lactam (4-membered cyclic amide) rings is 1. The monoisotopic (exact) mass is 402 g/mol. The number of hydrogen-bond donors (Lipinski definition) is 1. The van der Waals surface area contributed by atoms with Gasteiger partial charge in [-0.05, 0) is 38.8 Å². The Hall–Kier alpha value is -0.584. The van der Waals surface area contributed by atoms with Crippen molar-refractivity contribution in [3.63, 3.8) is 0 Å². The summed E-state index contributed by atoms with van der Waals surface area (Å²) in [6.07, 6.45) is -0.820. The number of hydrogen-bond acceptors (Lipinski definition) is 6. The first-order valence-electron chi connectivity index (χ1n) is 7.91. The van der Waals surface area contributed by atoms with Crippen LogP contribution in [0.25, 0.3) is 0 Å². The SMILES string of the molecule is CC(Oc1ccccc1)C([O-])=NC1C(=O)N2C1SC(C)(C)C2C(=O)O.[K+]. The predicted molar refractivity (Wildman–Crippen MR) is 91.5 cm³/mol. The van der Waals surface area contributed by atoms with Crippen molar-refractivity contribution in [2.45, 2.75) is 49.1 Å². The minimum Gasteiger partial charge on any atom is -0.859 e. The molecular weight excluding hydrogens is 383 g/mol. The van der Waals surface area contributed by atoms with E-state index in [1.54, 1.807) is 45.0 Å². The van der Waals surface area contributed by atoms with Crippen LogP contribution in [0.15, 0.2) is 35.3 Å². The van der Waals surface area contributed by atoms with Gasteiger partial charge in [0.1, 0.15) is 23.3 Å². The van der Waals surface area contributed by atoms with Crippen molar-refractivity contribution in [3.8, 4) is 5.75 Å². The average molecular weight is 403 g/mol. The number of aliphatic carboxylic acids is 1. The van der Waals surface area contributed by atoms with E-state index in [9.17, 15) is 19.8 Å². The largest absolute Gasteiger partial charge is 1.00 e. The Labute approximate surface area is 198 Å². The zero-order valence-electron chi connectivity index (χ0n) is 15.1. The summed E-state index contributed by atoms with van der Waals surface area (Å²) in [5, 5.41) is 21.2. The fraction of sp³-hybridized carbons (Fsp3) is 0.471. The molecule has 2 fully saturated rings. The smallest absolute Gasteiger partial charge is 0.859 e. The summed E-state index contributed by atoms with van der Waals surface area (Å²) in [6, 6.07) is 7.13. The molecule has 2 aliphatic heterocycles. The van der Waals surface area contributed by atoms with Crippen LogP contribution >= 0.6 is 11.8 Å². The molecule has 134 valence electrons. The summed E-state index contributed by atoms with van der Waals surface area (Å²) in [4.78, 5) is 29.1. The fourth-order valence-corrected chi connectivity index (χ4v) is 4.72. The van der Waals surface area contributed by atoms with Crippen molar-refractivity contribution in [2.24, 2.45) is 4.99 Å². The van der Waals surface area contributed by atoms with E-state index in [0.29, 0.717) is 5.75 Å². The molecule has 0 bridgehead atoms. The molecule has 9 heteroatoms. The normalized spacial score (nSPS) is 27.8. The quantitative estimate of drug-likeness (QED) is 0.258. The van der Waals surface area contributed by atoms with Crippen molar-refractivity contribution in [2.75, 3.05) is 0 Å². The number of fused-ring (bicyclic) bond motifs is 1. The second-order valence-corrected chi connectivity index (χ2v) is 8.35. The van der Waals surface area contributed by atoms with Gasteiger partial charge < -0.3 is 19.8 Å². The van der Waals surface area contributed by atoms with E-state index < -0.39 is 46.1 Å². The molecule has 4 atom stereocenters. The Kier molecular flexibility index (Phi) is 6.84. The Morgan fingerprint density at radius 3 is 2.58 bits per heavy atom. The summed E-state index contributed by atoms with van der Waals surface area (Å²) in [7, 11) is 0. The summed E-state index contributed by atoms with van der Waals surface area (Å²) in [6.45, 7) is 5.13. The van der Waals surface area contributed by atoms with Crippen molar-refractivity contribution >= 4 is 29.5 Å². The van der Waals surface area contributed by atoms with Crippen LogP contribution < -0.4 is 61.2 Å². The molecular formula is C17H19KN2O5S. The molecule has 26 heavy (non-hydrogen) atoms. The maximum atomic E-state index is 12.3. The second kappa shape index (κ2) is 8.20. The number of para-hydroxylation sites is 1. The Bertz CT molecular complexity index is 727. The minimum atomic E-state index is -1.04. The molecule has 4 unspecified atom stereocenters. The molecule has 1 N–H and O–H groups in total. The van der Waals surface area contributed by atoms with Crippen LogP contribution in [0, 0.1) is 0 Å². The molecule has 0 aliphatic carbocycles. The predicted octanol–water partition coefficient (Wildman–Crippen LogP) is -2.27. The molecule has 7 nitrogen and oxygen atoms in total. The summed E-state index contributed by atoms with van der Waals surface area (Å²) in [5.74, 6) is -1.45. The van der Waals surface area contributed by atoms with Crippen molar-refractivity contribution in [3.05, 3.63) is 30.3 Å². The van der Waals surface area contributed by atoms with E-state index in [-0.39, 0.29) is 51.4 Å². The Balaban J connectivity index is 0.00000243.